The molecule has 156 valence electrons. The van der Waals surface area contributed by atoms with Gasteiger partial charge >= 0.3 is 0 Å². The number of nitrogens with zero attached hydrogens (tertiary/aromatic N) is 1. The van der Waals surface area contributed by atoms with Crippen LogP contribution in [0.5, 0.6) is 0 Å². The van der Waals surface area contributed by atoms with Gasteiger partial charge in [0.25, 0.3) is 10.0 Å². The lowest BCUT2D eigenvalue weighted by Gasteiger charge is -2.24. The lowest BCUT2D eigenvalue weighted by molar-refractivity contribution is -0.114. The first-order chi connectivity index (χ1) is 14.3. The van der Waals surface area contributed by atoms with Crippen molar-refractivity contribution in [2.45, 2.75) is 16.7 Å². The molecular weight excluding hydrogens is 484 g/mol. The van der Waals surface area contributed by atoms with E-state index < -0.39 is 15.9 Å². The number of carbonyl (C=O) groups excluding carboxylic acids is 1. The minimum Gasteiger partial charge on any atom is -0.324 e. The summed E-state index contributed by atoms with van der Waals surface area (Å²) in [7, 11) is -3.94. The third-order valence-corrected chi connectivity index (χ3v) is 7.35. The lowest BCUT2D eigenvalue weighted by atomic mass is 10.2. The monoisotopic (exact) mass is 504 g/mol. The minimum atomic E-state index is -3.94. The summed E-state index contributed by atoms with van der Waals surface area (Å²) in [5, 5.41) is 2.79. The van der Waals surface area contributed by atoms with Crippen molar-refractivity contribution in [2.24, 2.45) is 0 Å². The zero-order chi connectivity index (χ0) is 21.7. The van der Waals surface area contributed by atoms with Crippen molar-refractivity contribution in [1.29, 1.82) is 0 Å². The van der Waals surface area contributed by atoms with E-state index in [1.54, 1.807) is 66.4 Å². The van der Waals surface area contributed by atoms with Gasteiger partial charge in [0, 0.05) is 15.1 Å². The van der Waals surface area contributed by atoms with Gasteiger partial charge in [0.15, 0.2) is 0 Å². The van der Waals surface area contributed by atoms with Gasteiger partial charge in [-0.2, -0.15) is 0 Å². The fourth-order valence-corrected chi connectivity index (χ4v) is 5.07. The second-order valence-corrected chi connectivity index (χ2v) is 10.2. The lowest BCUT2D eigenvalue weighted by Crippen LogP contribution is -2.38. The first kappa shape index (κ1) is 22.4. The Morgan fingerprint density at radius 2 is 1.73 bits per heavy atom. The second-order valence-electron chi connectivity index (χ2n) is 6.58. The number of rotatable bonds is 7. The summed E-state index contributed by atoms with van der Waals surface area (Å²) in [5.41, 5.74) is 1.97. The number of halogens is 1. The highest BCUT2D eigenvalue weighted by molar-refractivity contribution is 9.10. The molecule has 1 amide bonds. The average Bonchev–Trinajstić information content (AvgIpc) is 2.72. The Morgan fingerprint density at radius 1 is 1.03 bits per heavy atom. The van der Waals surface area contributed by atoms with Crippen LogP contribution >= 0.6 is 27.7 Å². The summed E-state index contributed by atoms with van der Waals surface area (Å²) in [4.78, 5) is 13.9. The molecular formula is C22H21BrN2O3S2. The van der Waals surface area contributed by atoms with Gasteiger partial charge < -0.3 is 5.32 Å². The Kier molecular flexibility index (Phi) is 7.23. The van der Waals surface area contributed by atoms with Crippen LogP contribution in [0.2, 0.25) is 0 Å². The van der Waals surface area contributed by atoms with E-state index in [1.807, 2.05) is 31.4 Å². The van der Waals surface area contributed by atoms with Gasteiger partial charge in [-0.3, -0.25) is 9.10 Å². The van der Waals surface area contributed by atoms with Crippen LogP contribution in [0.15, 0.2) is 87.1 Å². The molecule has 1 N–H and O–H groups in total. The number of aryl methyl sites for hydroxylation is 1. The third-order valence-electron chi connectivity index (χ3n) is 4.35. The van der Waals surface area contributed by atoms with Crippen LogP contribution in [0.25, 0.3) is 0 Å². The third kappa shape index (κ3) is 5.44. The van der Waals surface area contributed by atoms with Crippen LogP contribution in [0, 0.1) is 6.92 Å². The number of benzene rings is 3. The number of thioether (sulfide) groups is 1. The standard InChI is InChI=1S/C22H21BrN2O3S2/c1-16-9-11-21(12-10-16)30(27,28)25(19-7-3-5-17(23)13-19)15-22(26)24-18-6-4-8-20(14-18)29-2/h3-14H,15H2,1-2H3,(H,24,26). The summed E-state index contributed by atoms with van der Waals surface area (Å²) in [6, 6.07) is 20.9. The molecule has 0 aliphatic heterocycles. The van der Waals surface area contributed by atoms with Crippen LogP contribution < -0.4 is 9.62 Å². The van der Waals surface area contributed by atoms with E-state index in [0.29, 0.717) is 11.4 Å². The Hall–Kier alpha value is -2.29. The predicted molar refractivity (Wildman–Crippen MR) is 127 cm³/mol. The van der Waals surface area contributed by atoms with Gasteiger partial charge in [-0.25, -0.2) is 8.42 Å². The number of sulfonamides is 1. The molecule has 3 aromatic rings. The van der Waals surface area contributed by atoms with E-state index in [9.17, 15) is 13.2 Å². The van der Waals surface area contributed by atoms with Crippen molar-refractivity contribution in [3.05, 3.63) is 82.8 Å². The Balaban J connectivity index is 1.93. The number of amides is 1. The Morgan fingerprint density at radius 3 is 2.40 bits per heavy atom. The van der Waals surface area contributed by atoms with E-state index in [0.717, 1.165) is 19.2 Å². The highest BCUT2D eigenvalue weighted by Crippen LogP contribution is 2.27. The van der Waals surface area contributed by atoms with Crippen molar-refractivity contribution in [3.63, 3.8) is 0 Å². The molecule has 30 heavy (non-hydrogen) atoms. The molecule has 3 rings (SSSR count). The Labute approximate surface area is 189 Å². The smallest absolute Gasteiger partial charge is 0.264 e. The summed E-state index contributed by atoms with van der Waals surface area (Å²) in [6.45, 7) is 1.54. The minimum absolute atomic E-state index is 0.130. The van der Waals surface area contributed by atoms with Crippen molar-refractivity contribution in [3.8, 4) is 0 Å². The molecule has 3 aromatic carbocycles. The molecule has 8 heteroatoms. The molecule has 0 heterocycles. The fraction of sp³-hybridized carbons (Fsp3) is 0.136. The number of hydrogen-bond acceptors (Lipinski definition) is 4. The van der Waals surface area contributed by atoms with Gasteiger partial charge in [-0.05, 0) is 61.7 Å². The topological polar surface area (TPSA) is 66.5 Å². The maximum Gasteiger partial charge on any atom is 0.264 e. The summed E-state index contributed by atoms with van der Waals surface area (Å²) >= 11 is 4.94. The highest BCUT2D eigenvalue weighted by Gasteiger charge is 2.27. The maximum atomic E-state index is 13.4. The Bertz CT molecular complexity index is 1150. The predicted octanol–water partition coefficient (Wildman–Crippen LogP) is 5.31. The van der Waals surface area contributed by atoms with E-state index in [1.165, 1.54) is 0 Å². The first-order valence-electron chi connectivity index (χ1n) is 9.08. The van der Waals surface area contributed by atoms with Gasteiger partial charge in [0.1, 0.15) is 6.54 Å². The number of hydrogen-bond donors (Lipinski definition) is 1. The fourth-order valence-electron chi connectivity index (χ4n) is 2.82. The largest absolute Gasteiger partial charge is 0.324 e. The molecule has 0 bridgehead atoms. The van der Waals surface area contributed by atoms with Gasteiger partial charge in [-0.1, -0.05) is 45.8 Å². The molecule has 0 radical (unpaired) electrons. The molecule has 0 fully saturated rings. The highest BCUT2D eigenvalue weighted by atomic mass is 79.9. The molecule has 0 atom stereocenters. The first-order valence-corrected chi connectivity index (χ1v) is 12.5. The van der Waals surface area contributed by atoms with Gasteiger partial charge in [0.2, 0.25) is 5.91 Å². The molecule has 0 aromatic heterocycles. The maximum absolute atomic E-state index is 13.4. The zero-order valence-electron chi connectivity index (χ0n) is 16.5. The van der Waals surface area contributed by atoms with Crippen molar-refractivity contribution in [2.75, 3.05) is 22.4 Å². The van der Waals surface area contributed by atoms with E-state index in [4.69, 9.17) is 0 Å². The molecule has 0 saturated carbocycles. The van der Waals surface area contributed by atoms with Gasteiger partial charge in [-0.15, -0.1) is 11.8 Å². The summed E-state index contributed by atoms with van der Waals surface area (Å²) in [6.07, 6.45) is 1.95. The van der Waals surface area contributed by atoms with Crippen LogP contribution in [-0.4, -0.2) is 27.1 Å². The number of carbonyl (C=O) groups is 1. The normalized spacial score (nSPS) is 11.2. The van der Waals surface area contributed by atoms with Crippen LogP contribution in [0.1, 0.15) is 5.56 Å². The SMILES string of the molecule is CSc1cccc(NC(=O)CN(c2cccc(Br)c2)S(=O)(=O)c2ccc(C)cc2)c1. The summed E-state index contributed by atoms with van der Waals surface area (Å²) in [5.74, 6) is -0.427. The van der Waals surface area contributed by atoms with Crippen molar-refractivity contribution in [1.82, 2.24) is 0 Å². The zero-order valence-corrected chi connectivity index (χ0v) is 19.7. The molecule has 0 spiro atoms. The van der Waals surface area contributed by atoms with Crippen LogP contribution in [0.3, 0.4) is 0 Å². The quantitative estimate of drug-likeness (QED) is 0.442. The second kappa shape index (κ2) is 9.68. The van der Waals surface area contributed by atoms with E-state index in [2.05, 4.69) is 21.2 Å². The molecule has 0 unspecified atom stereocenters. The van der Waals surface area contributed by atoms with Crippen molar-refractivity contribution >= 4 is 55.0 Å². The number of anilines is 2. The molecule has 0 aliphatic rings. The van der Waals surface area contributed by atoms with Crippen LogP contribution in [-0.2, 0) is 14.8 Å². The molecule has 5 nitrogen and oxygen atoms in total. The van der Waals surface area contributed by atoms with Crippen LogP contribution in [0.4, 0.5) is 11.4 Å². The molecule has 0 saturated heterocycles. The van der Waals surface area contributed by atoms with Crippen molar-refractivity contribution < 1.29 is 13.2 Å². The summed E-state index contributed by atoms with van der Waals surface area (Å²) < 4.78 is 28.6. The van der Waals surface area contributed by atoms with Gasteiger partial charge in [0.05, 0.1) is 10.6 Å². The van der Waals surface area contributed by atoms with E-state index >= 15 is 0 Å². The molecule has 0 aliphatic carbocycles. The van der Waals surface area contributed by atoms with E-state index in [-0.39, 0.29) is 11.4 Å². The number of nitrogens with one attached hydrogen (secondary N) is 1. The average molecular weight is 505 g/mol.